The van der Waals surface area contributed by atoms with Crippen LogP contribution in [0.15, 0.2) is 48.5 Å². The average Bonchev–Trinajstić information content (AvgIpc) is 2.79. The van der Waals surface area contributed by atoms with E-state index in [1.165, 1.54) is 7.11 Å². The van der Waals surface area contributed by atoms with Crippen LogP contribution in [0.4, 0.5) is 0 Å². The van der Waals surface area contributed by atoms with Gasteiger partial charge in [-0.15, -0.1) is 0 Å². The summed E-state index contributed by atoms with van der Waals surface area (Å²) < 4.78 is 10.5. The fraction of sp³-hybridized carbons (Fsp3) is 0.318. The van der Waals surface area contributed by atoms with Crippen LogP contribution in [-0.4, -0.2) is 61.6 Å². The topological polar surface area (TPSA) is 82.9 Å². The number of benzene rings is 2. The van der Waals surface area contributed by atoms with Gasteiger partial charge in [0.05, 0.1) is 18.7 Å². The summed E-state index contributed by atoms with van der Waals surface area (Å²) in [6.45, 7) is 1.86. The van der Waals surface area contributed by atoms with Crippen LogP contribution >= 0.6 is 11.6 Å². The molecule has 0 saturated carbocycles. The van der Waals surface area contributed by atoms with E-state index < -0.39 is 6.04 Å². The second kappa shape index (κ2) is 10.1. The molecule has 1 atom stereocenters. The molecule has 156 valence electrons. The SMILES string of the molecule is COC(=O)C(c1ccccc1Cl)N1CCN(C(=O)COc2ccc(C#N)cc2)CC1. The number of piperazine rings is 1. The molecule has 1 aliphatic rings. The summed E-state index contributed by atoms with van der Waals surface area (Å²) in [5, 5.41) is 9.33. The third-order valence-corrected chi connectivity index (χ3v) is 5.35. The first kappa shape index (κ1) is 21.6. The van der Waals surface area contributed by atoms with Gasteiger partial charge >= 0.3 is 5.97 Å². The molecule has 1 heterocycles. The monoisotopic (exact) mass is 427 g/mol. The van der Waals surface area contributed by atoms with Crippen LogP contribution in [0, 0.1) is 11.3 Å². The van der Waals surface area contributed by atoms with Crippen LogP contribution in [0.1, 0.15) is 17.2 Å². The van der Waals surface area contributed by atoms with Crippen molar-refractivity contribution in [3.63, 3.8) is 0 Å². The quantitative estimate of drug-likeness (QED) is 0.659. The van der Waals surface area contributed by atoms with Crippen LogP contribution in [0.5, 0.6) is 5.75 Å². The summed E-state index contributed by atoms with van der Waals surface area (Å²) in [4.78, 5) is 28.6. The molecular formula is C22H22ClN3O4. The molecule has 0 spiro atoms. The Kier molecular flexibility index (Phi) is 7.28. The van der Waals surface area contributed by atoms with Crippen molar-refractivity contribution in [2.45, 2.75) is 6.04 Å². The van der Waals surface area contributed by atoms with Crippen LogP contribution in [0.25, 0.3) is 0 Å². The molecule has 2 aromatic rings. The van der Waals surface area contributed by atoms with Gasteiger partial charge in [-0.2, -0.15) is 5.26 Å². The molecule has 7 nitrogen and oxygen atoms in total. The van der Waals surface area contributed by atoms with Crippen molar-refractivity contribution in [3.8, 4) is 11.8 Å². The number of hydrogen-bond acceptors (Lipinski definition) is 6. The lowest BCUT2D eigenvalue weighted by atomic mass is 10.0. The van der Waals surface area contributed by atoms with E-state index in [2.05, 4.69) is 0 Å². The Morgan fingerprint density at radius 3 is 2.37 bits per heavy atom. The summed E-state index contributed by atoms with van der Waals surface area (Å²) >= 11 is 6.30. The lowest BCUT2D eigenvalue weighted by Gasteiger charge is -2.38. The molecule has 1 fully saturated rings. The van der Waals surface area contributed by atoms with Crippen molar-refractivity contribution >= 4 is 23.5 Å². The maximum absolute atomic E-state index is 12.5. The van der Waals surface area contributed by atoms with Gasteiger partial charge in [-0.25, -0.2) is 4.79 Å². The predicted molar refractivity (Wildman–Crippen MR) is 111 cm³/mol. The van der Waals surface area contributed by atoms with Crippen molar-refractivity contribution in [1.82, 2.24) is 9.80 Å². The summed E-state index contributed by atoms with van der Waals surface area (Å²) in [7, 11) is 1.35. The molecule has 0 aromatic heterocycles. The zero-order chi connectivity index (χ0) is 21.5. The molecule has 30 heavy (non-hydrogen) atoms. The Hall–Kier alpha value is -3.08. The molecule has 0 N–H and O–H groups in total. The molecule has 0 radical (unpaired) electrons. The highest BCUT2D eigenvalue weighted by molar-refractivity contribution is 6.31. The third kappa shape index (κ3) is 5.09. The summed E-state index contributed by atoms with van der Waals surface area (Å²) in [6, 6.07) is 15.2. The van der Waals surface area contributed by atoms with Crippen molar-refractivity contribution in [1.29, 1.82) is 5.26 Å². The highest BCUT2D eigenvalue weighted by Crippen LogP contribution is 2.29. The van der Waals surface area contributed by atoms with Gasteiger partial charge in [0.2, 0.25) is 0 Å². The van der Waals surface area contributed by atoms with Gasteiger partial charge in [-0.1, -0.05) is 29.8 Å². The Labute approximate surface area is 180 Å². The number of amides is 1. The predicted octanol–water partition coefficient (Wildman–Crippen LogP) is 2.65. The van der Waals surface area contributed by atoms with Gasteiger partial charge in [0, 0.05) is 31.2 Å². The number of carbonyl (C=O) groups excluding carboxylic acids is 2. The lowest BCUT2D eigenvalue weighted by Crippen LogP contribution is -2.52. The Balaban J connectivity index is 1.58. The van der Waals surface area contributed by atoms with E-state index in [1.807, 2.05) is 29.2 Å². The van der Waals surface area contributed by atoms with Gasteiger partial charge in [0.1, 0.15) is 11.8 Å². The van der Waals surface area contributed by atoms with Gasteiger partial charge in [0.15, 0.2) is 6.61 Å². The van der Waals surface area contributed by atoms with Gasteiger partial charge in [-0.05, 0) is 35.9 Å². The highest BCUT2D eigenvalue weighted by atomic mass is 35.5. The van der Waals surface area contributed by atoms with Gasteiger partial charge in [-0.3, -0.25) is 9.69 Å². The number of esters is 1. The molecule has 1 amide bonds. The maximum Gasteiger partial charge on any atom is 0.327 e. The minimum atomic E-state index is -0.615. The molecule has 2 aromatic carbocycles. The minimum absolute atomic E-state index is 0.0865. The molecule has 1 aliphatic heterocycles. The number of rotatable bonds is 6. The highest BCUT2D eigenvalue weighted by Gasteiger charge is 2.33. The molecule has 3 rings (SSSR count). The number of ether oxygens (including phenoxy) is 2. The first-order valence-electron chi connectivity index (χ1n) is 9.50. The summed E-state index contributed by atoms with van der Waals surface area (Å²) in [5.74, 6) is 0.0175. The fourth-order valence-corrected chi connectivity index (χ4v) is 3.61. The van der Waals surface area contributed by atoms with E-state index >= 15 is 0 Å². The van der Waals surface area contributed by atoms with Gasteiger partial charge in [0.25, 0.3) is 5.91 Å². The second-order valence-corrected chi connectivity index (χ2v) is 7.20. The summed E-state index contributed by atoms with van der Waals surface area (Å²) in [6.07, 6.45) is 0. The van der Waals surface area contributed by atoms with Crippen LogP contribution < -0.4 is 4.74 Å². The van der Waals surface area contributed by atoms with Crippen LogP contribution in [0.2, 0.25) is 5.02 Å². The molecular weight excluding hydrogens is 406 g/mol. The third-order valence-electron chi connectivity index (χ3n) is 5.00. The number of nitrogens with zero attached hydrogens (tertiary/aromatic N) is 3. The summed E-state index contributed by atoms with van der Waals surface area (Å²) in [5.41, 5.74) is 1.22. The van der Waals surface area contributed by atoms with E-state index in [-0.39, 0.29) is 18.5 Å². The zero-order valence-corrected chi connectivity index (χ0v) is 17.3. The average molecular weight is 428 g/mol. The number of nitriles is 1. The minimum Gasteiger partial charge on any atom is -0.484 e. The molecule has 0 bridgehead atoms. The number of methoxy groups -OCH3 is 1. The number of hydrogen-bond donors (Lipinski definition) is 0. The van der Waals surface area contributed by atoms with Gasteiger partial charge < -0.3 is 14.4 Å². The maximum atomic E-state index is 12.5. The van der Waals surface area contributed by atoms with E-state index in [9.17, 15) is 9.59 Å². The second-order valence-electron chi connectivity index (χ2n) is 6.79. The Morgan fingerprint density at radius 2 is 1.77 bits per heavy atom. The largest absolute Gasteiger partial charge is 0.484 e. The smallest absolute Gasteiger partial charge is 0.327 e. The zero-order valence-electron chi connectivity index (χ0n) is 16.6. The molecule has 0 aliphatic carbocycles. The lowest BCUT2D eigenvalue weighted by molar-refractivity contribution is -0.148. The van der Waals surface area contributed by atoms with E-state index in [0.717, 1.165) is 0 Å². The van der Waals surface area contributed by atoms with Crippen LogP contribution in [-0.2, 0) is 14.3 Å². The van der Waals surface area contributed by atoms with Crippen molar-refractivity contribution in [3.05, 3.63) is 64.7 Å². The number of carbonyl (C=O) groups is 2. The number of halogens is 1. The molecule has 8 heteroatoms. The Bertz CT molecular complexity index is 934. The fourth-order valence-electron chi connectivity index (χ4n) is 3.37. The standard InChI is InChI=1S/C22H22ClN3O4/c1-29-22(28)21(18-4-2-3-5-19(18)23)26-12-10-25(11-13-26)20(27)15-30-17-8-6-16(14-24)7-9-17/h2-9,21H,10-13,15H2,1H3. The van der Waals surface area contributed by atoms with E-state index in [1.54, 1.807) is 35.2 Å². The van der Waals surface area contributed by atoms with E-state index in [0.29, 0.717) is 48.1 Å². The Morgan fingerprint density at radius 1 is 1.10 bits per heavy atom. The normalized spacial score (nSPS) is 15.2. The van der Waals surface area contributed by atoms with Crippen molar-refractivity contribution < 1.29 is 19.1 Å². The van der Waals surface area contributed by atoms with E-state index in [4.69, 9.17) is 26.3 Å². The van der Waals surface area contributed by atoms with Crippen molar-refractivity contribution in [2.75, 3.05) is 39.9 Å². The molecule has 1 saturated heterocycles. The van der Waals surface area contributed by atoms with Crippen molar-refractivity contribution in [2.24, 2.45) is 0 Å². The first-order valence-corrected chi connectivity index (χ1v) is 9.88. The van der Waals surface area contributed by atoms with Crippen LogP contribution in [0.3, 0.4) is 0 Å². The first-order chi connectivity index (χ1) is 14.5. The molecule has 1 unspecified atom stereocenters.